The summed E-state index contributed by atoms with van der Waals surface area (Å²) in [5.74, 6) is -0.488. The molecule has 1 aliphatic rings. The Morgan fingerprint density at radius 2 is 2.18 bits per heavy atom. The molecule has 0 aliphatic carbocycles. The zero-order valence-electron chi connectivity index (χ0n) is 9.68. The van der Waals surface area contributed by atoms with Gasteiger partial charge < -0.3 is 9.64 Å². The number of amides is 1. The van der Waals surface area contributed by atoms with Crippen LogP contribution in [-0.2, 0) is 9.53 Å². The maximum Gasteiger partial charge on any atom is 0.419 e. The van der Waals surface area contributed by atoms with Crippen molar-refractivity contribution in [3.63, 3.8) is 0 Å². The summed E-state index contributed by atoms with van der Waals surface area (Å²) >= 11 is 5.58. The molecule has 0 aromatic heterocycles. The minimum absolute atomic E-state index is 0.0232. The van der Waals surface area contributed by atoms with Gasteiger partial charge in [-0.3, -0.25) is 4.79 Å². The Morgan fingerprint density at radius 1 is 1.59 bits per heavy atom. The van der Waals surface area contributed by atoms with Crippen LogP contribution in [0.25, 0.3) is 0 Å². The van der Waals surface area contributed by atoms with E-state index in [0.717, 1.165) is 4.90 Å². The van der Waals surface area contributed by atoms with Crippen molar-refractivity contribution >= 4 is 17.5 Å². The summed E-state index contributed by atoms with van der Waals surface area (Å²) in [6.07, 6.45) is -4.72. The molecule has 0 aromatic carbocycles. The normalized spacial score (nSPS) is 27.3. The van der Waals surface area contributed by atoms with E-state index in [9.17, 15) is 18.0 Å². The third-order valence-electron chi connectivity index (χ3n) is 2.82. The molecule has 1 heterocycles. The van der Waals surface area contributed by atoms with E-state index in [1.165, 1.54) is 13.8 Å². The number of alkyl halides is 4. The number of rotatable bonds is 3. The highest BCUT2D eigenvalue weighted by molar-refractivity contribution is 6.30. The Kier molecular flexibility index (Phi) is 4.30. The van der Waals surface area contributed by atoms with Crippen molar-refractivity contribution in [3.8, 4) is 0 Å². The molecular weight excluding hydrogens is 259 g/mol. The minimum atomic E-state index is -4.48. The molecule has 0 spiro atoms. The predicted molar refractivity (Wildman–Crippen MR) is 56.9 cm³/mol. The number of hydrogen-bond donors (Lipinski definition) is 0. The van der Waals surface area contributed by atoms with E-state index in [4.69, 9.17) is 16.3 Å². The van der Waals surface area contributed by atoms with E-state index in [-0.39, 0.29) is 19.6 Å². The molecule has 0 radical (unpaired) electrons. The van der Waals surface area contributed by atoms with Crippen molar-refractivity contribution in [1.29, 1.82) is 0 Å². The fraction of sp³-hybridized carbons (Fsp3) is 0.900. The Labute approximate surface area is 103 Å². The van der Waals surface area contributed by atoms with E-state index in [2.05, 4.69) is 0 Å². The lowest BCUT2D eigenvalue weighted by molar-refractivity contribution is -0.270. The molecule has 100 valence electrons. The number of likely N-dealkylation sites (tertiary alicyclic amines) is 1. The number of hydrogen-bond acceptors (Lipinski definition) is 2. The Bertz CT molecular complexity index is 296. The number of halogens is 4. The summed E-state index contributed by atoms with van der Waals surface area (Å²) in [6.45, 7) is 2.45. The second-order valence-corrected chi connectivity index (χ2v) is 4.71. The lowest BCUT2D eigenvalue weighted by Crippen LogP contribution is -2.50. The standard InChI is InChI=1S/C10H15ClF3NO2/c1-3-17-9(10(12,13)14)4-5-15(6-9)8(16)7(2)11/h7H,3-6H2,1-2H3/t7-,9+/m0/s1. The second-order valence-electron chi connectivity index (χ2n) is 4.05. The van der Waals surface area contributed by atoms with Gasteiger partial charge in [-0.1, -0.05) is 0 Å². The molecule has 0 unspecified atom stereocenters. The molecule has 1 amide bonds. The molecule has 0 saturated carbocycles. The van der Waals surface area contributed by atoms with Crippen LogP contribution in [0.3, 0.4) is 0 Å². The predicted octanol–water partition coefficient (Wildman–Crippen LogP) is 2.18. The molecule has 0 bridgehead atoms. The lowest BCUT2D eigenvalue weighted by Gasteiger charge is -2.31. The number of ether oxygens (including phenoxy) is 1. The summed E-state index contributed by atoms with van der Waals surface area (Å²) in [5.41, 5.74) is -2.23. The first-order chi connectivity index (χ1) is 7.73. The highest BCUT2D eigenvalue weighted by atomic mass is 35.5. The van der Waals surface area contributed by atoms with Crippen LogP contribution in [0.4, 0.5) is 13.2 Å². The van der Waals surface area contributed by atoms with Crippen LogP contribution < -0.4 is 0 Å². The summed E-state index contributed by atoms with van der Waals surface area (Å²) < 4.78 is 43.7. The number of carbonyl (C=O) groups excluding carboxylic acids is 1. The van der Waals surface area contributed by atoms with Crippen molar-refractivity contribution in [2.75, 3.05) is 19.7 Å². The largest absolute Gasteiger partial charge is 0.419 e. The molecule has 0 N–H and O–H groups in total. The SMILES string of the molecule is CCO[C@]1(C(F)(F)F)CCN(C(=O)[C@H](C)Cl)C1. The Balaban J connectivity index is 2.83. The lowest BCUT2D eigenvalue weighted by atomic mass is 10.0. The zero-order valence-corrected chi connectivity index (χ0v) is 10.4. The number of nitrogens with zero attached hydrogens (tertiary/aromatic N) is 1. The summed E-state index contributed by atoms with van der Waals surface area (Å²) in [6, 6.07) is 0. The zero-order chi connectivity index (χ0) is 13.3. The molecule has 2 atom stereocenters. The average molecular weight is 274 g/mol. The Hall–Kier alpha value is -0.490. The number of carbonyl (C=O) groups is 1. The third-order valence-corrected chi connectivity index (χ3v) is 3.01. The maximum atomic E-state index is 12.9. The van der Waals surface area contributed by atoms with Gasteiger partial charge in [0.25, 0.3) is 0 Å². The molecule has 0 aromatic rings. The molecule has 3 nitrogen and oxygen atoms in total. The van der Waals surface area contributed by atoms with Gasteiger partial charge in [0.15, 0.2) is 5.60 Å². The van der Waals surface area contributed by atoms with Crippen molar-refractivity contribution in [1.82, 2.24) is 4.90 Å². The Morgan fingerprint density at radius 3 is 2.59 bits per heavy atom. The third kappa shape index (κ3) is 2.85. The first kappa shape index (κ1) is 14.6. The van der Waals surface area contributed by atoms with Gasteiger partial charge in [0.2, 0.25) is 5.91 Å². The van der Waals surface area contributed by atoms with Gasteiger partial charge >= 0.3 is 6.18 Å². The average Bonchev–Trinajstić information content (AvgIpc) is 2.62. The fourth-order valence-corrected chi connectivity index (χ4v) is 2.07. The van der Waals surface area contributed by atoms with Crippen LogP contribution in [0, 0.1) is 0 Å². The fourth-order valence-electron chi connectivity index (χ4n) is 1.93. The molecule has 7 heteroatoms. The van der Waals surface area contributed by atoms with Crippen LogP contribution in [0.15, 0.2) is 0 Å². The van der Waals surface area contributed by atoms with Gasteiger partial charge in [0.1, 0.15) is 5.38 Å². The van der Waals surface area contributed by atoms with Crippen LogP contribution in [0.5, 0.6) is 0 Å². The van der Waals surface area contributed by atoms with Crippen molar-refractivity contribution in [3.05, 3.63) is 0 Å². The molecule has 17 heavy (non-hydrogen) atoms. The molecule has 1 fully saturated rings. The molecular formula is C10H15ClF3NO2. The van der Waals surface area contributed by atoms with Gasteiger partial charge in [-0.05, 0) is 13.8 Å². The van der Waals surface area contributed by atoms with Crippen LogP contribution in [0.1, 0.15) is 20.3 Å². The summed E-state index contributed by atoms with van der Waals surface area (Å²) in [5, 5.41) is -0.819. The van der Waals surface area contributed by atoms with Crippen LogP contribution >= 0.6 is 11.6 Å². The van der Waals surface area contributed by atoms with E-state index in [1.807, 2.05) is 0 Å². The van der Waals surface area contributed by atoms with Gasteiger partial charge in [-0.2, -0.15) is 13.2 Å². The van der Waals surface area contributed by atoms with Crippen molar-refractivity contribution in [2.24, 2.45) is 0 Å². The van der Waals surface area contributed by atoms with Gasteiger partial charge in [0, 0.05) is 19.6 Å². The minimum Gasteiger partial charge on any atom is -0.364 e. The first-order valence-corrected chi connectivity index (χ1v) is 5.80. The van der Waals surface area contributed by atoms with E-state index in [1.54, 1.807) is 0 Å². The van der Waals surface area contributed by atoms with Crippen molar-refractivity contribution in [2.45, 2.75) is 37.4 Å². The summed E-state index contributed by atoms with van der Waals surface area (Å²) in [4.78, 5) is 12.6. The quantitative estimate of drug-likeness (QED) is 0.738. The highest BCUT2D eigenvalue weighted by Gasteiger charge is 2.60. The van der Waals surface area contributed by atoms with E-state index in [0.29, 0.717) is 0 Å². The first-order valence-electron chi connectivity index (χ1n) is 5.37. The molecule has 1 rings (SSSR count). The van der Waals surface area contributed by atoms with Gasteiger partial charge in [-0.25, -0.2) is 0 Å². The molecule has 1 aliphatic heterocycles. The maximum absolute atomic E-state index is 12.9. The van der Waals surface area contributed by atoms with Crippen LogP contribution in [0.2, 0.25) is 0 Å². The second kappa shape index (κ2) is 5.02. The van der Waals surface area contributed by atoms with E-state index < -0.39 is 29.6 Å². The highest BCUT2D eigenvalue weighted by Crippen LogP contribution is 2.41. The van der Waals surface area contributed by atoms with Gasteiger partial charge in [-0.15, -0.1) is 11.6 Å². The smallest absolute Gasteiger partial charge is 0.364 e. The monoisotopic (exact) mass is 273 g/mol. The van der Waals surface area contributed by atoms with Crippen LogP contribution in [-0.4, -0.2) is 47.7 Å². The molecule has 1 saturated heterocycles. The van der Waals surface area contributed by atoms with Gasteiger partial charge in [0.05, 0.1) is 6.54 Å². The van der Waals surface area contributed by atoms with E-state index >= 15 is 0 Å². The van der Waals surface area contributed by atoms with Crippen molar-refractivity contribution < 1.29 is 22.7 Å². The topological polar surface area (TPSA) is 29.5 Å². The summed E-state index contributed by atoms with van der Waals surface area (Å²) in [7, 11) is 0.